The van der Waals surface area contributed by atoms with E-state index in [1.54, 1.807) is 7.11 Å². The van der Waals surface area contributed by atoms with E-state index < -0.39 is 5.38 Å². The van der Waals surface area contributed by atoms with Gasteiger partial charge >= 0.3 is 0 Å². The van der Waals surface area contributed by atoms with Gasteiger partial charge in [-0.1, -0.05) is 30.3 Å². The molecule has 1 aromatic rings. The number of halogens is 1. The van der Waals surface area contributed by atoms with Crippen molar-refractivity contribution >= 4 is 17.5 Å². The third-order valence-corrected chi connectivity index (χ3v) is 4.08. The number of methoxy groups -OCH3 is 1. The Morgan fingerprint density at radius 3 is 2.58 bits per heavy atom. The quantitative estimate of drug-likeness (QED) is 0.794. The smallest absolute Gasteiger partial charge is 0.245 e. The molecule has 0 aliphatic carbocycles. The molecule has 1 saturated heterocycles. The lowest BCUT2D eigenvalue weighted by molar-refractivity contribution is -0.132. The van der Waals surface area contributed by atoms with Gasteiger partial charge in [-0.15, -0.1) is 11.6 Å². The van der Waals surface area contributed by atoms with Crippen molar-refractivity contribution in [3.8, 4) is 0 Å². The minimum Gasteiger partial charge on any atom is -0.384 e. The van der Waals surface area contributed by atoms with Crippen molar-refractivity contribution in [1.29, 1.82) is 0 Å². The first kappa shape index (κ1) is 14.4. The van der Waals surface area contributed by atoms with Crippen LogP contribution in [0.1, 0.15) is 23.8 Å². The zero-order valence-corrected chi connectivity index (χ0v) is 12.0. The minimum atomic E-state index is -0.569. The molecule has 1 aromatic carbocycles. The van der Waals surface area contributed by atoms with Gasteiger partial charge in [0.2, 0.25) is 5.91 Å². The number of rotatable bonds is 4. The lowest BCUT2D eigenvalue weighted by Gasteiger charge is -2.32. The maximum atomic E-state index is 12.3. The lowest BCUT2D eigenvalue weighted by Crippen LogP contribution is -2.40. The second-order valence-electron chi connectivity index (χ2n) is 5.00. The molecule has 0 saturated carbocycles. The van der Waals surface area contributed by atoms with E-state index in [0.29, 0.717) is 5.92 Å². The van der Waals surface area contributed by atoms with E-state index >= 15 is 0 Å². The summed E-state index contributed by atoms with van der Waals surface area (Å²) in [6.07, 6.45) is 2.00. The van der Waals surface area contributed by atoms with E-state index in [-0.39, 0.29) is 5.91 Å². The number of carbonyl (C=O) groups is 1. The molecule has 1 atom stereocenters. The van der Waals surface area contributed by atoms with Crippen molar-refractivity contribution in [3.05, 3.63) is 35.9 Å². The molecule has 3 nitrogen and oxygen atoms in total. The van der Waals surface area contributed by atoms with Gasteiger partial charge in [0, 0.05) is 26.8 Å². The summed E-state index contributed by atoms with van der Waals surface area (Å²) in [7, 11) is 1.72. The molecule has 0 spiro atoms. The average Bonchev–Trinajstić information content (AvgIpc) is 2.48. The van der Waals surface area contributed by atoms with Crippen LogP contribution in [0, 0.1) is 5.92 Å². The number of nitrogens with zero attached hydrogens (tertiary/aromatic N) is 1. The molecule has 4 heteroatoms. The lowest BCUT2D eigenvalue weighted by atomic mass is 9.97. The van der Waals surface area contributed by atoms with E-state index in [4.69, 9.17) is 16.3 Å². The molecule has 0 aromatic heterocycles. The van der Waals surface area contributed by atoms with Gasteiger partial charge in [0.1, 0.15) is 5.38 Å². The minimum absolute atomic E-state index is 0.0173. The molecule has 1 amide bonds. The second kappa shape index (κ2) is 6.92. The molecule has 2 rings (SSSR count). The highest BCUT2D eigenvalue weighted by atomic mass is 35.5. The van der Waals surface area contributed by atoms with Gasteiger partial charge in [0.15, 0.2) is 0 Å². The van der Waals surface area contributed by atoms with E-state index in [1.807, 2.05) is 35.2 Å². The average molecular weight is 282 g/mol. The summed E-state index contributed by atoms with van der Waals surface area (Å²) in [6.45, 7) is 2.34. The number of hydrogen-bond acceptors (Lipinski definition) is 2. The summed E-state index contributed by atoms with van der Waals surface area (Å²) in [6, 6.07) is 9.53. The highest BCUT2D eigenvalue weighted by Crippen LogP contribution is 2.26. The number of benzene rings is 1. The third kappa shape index (κ3) is 3.71. The summed E-state index contributed by atoms with van der Waals surface area (Å²) in [5, 5.41) is -0.569. The molecule has 1 aliphatic heterocycles. The Balaban J connectivity index is 1.91. The SMILES string of the molecule is COCC1CCN(C(=O)C(Cl)c2ccccc2)CC1. The largest absolute Gasteiger partial charge is 0.384 e. The van der Waals surface area contributed by atoms with Crippen molar-refractivity contribution in [2.75, 3.05) is 26.8 Å². The van der Waals surface area contributed by atoms with E-state index in [2.05, 4.69) is 0 Å². The highest BCUT2D eigenvalue weighted by Gasteiger charge is 2.27. The van der Waals surface area contributed by atoms with Crippen LogP contribution in [-0.2, 0) is 9.53 Å². The van der Waals surface area contributed by atoms with Crippen LogP contribution < -0.4 is 0 Å². The van der Waals surface area contributed by atoms with Crippen LogP contribution in [0.25, 0.3) is 0 Å². The van der Waals surface area contributed by atoms with E-state index in [1.165, 1.54) is 0 Å². The molecule has 1 unspecified atom stereocenters. The molecular weight excluding hydrogens is 262 g/mol. The first-order valence-corrected chi connectivity index (χ1v) is 7.12. The van der Waals surface area contributed by atoms with Gasteiger partial charge in [-0.25, -0.2) is 0 Å². The first-order valence-electron chi connectivity index (χ1n) is 6.69. The van der Waals surface area contributed by atoms with Crippen LogP contribution in [-0.4, -0.2) is 37.6 Å². The van der Waals surface area contributed by atoms with Crippen molar-refractivity contribution in [2.45, 2.75) is 18.2 Å². The summed E-state index contributed by atoms with van der Waals surface area (Å²) >= 11 is 6.27. The molecule has 0 N–H and O–H groups in total. The highest BCUT2D eigenvalue weighted by molar-refractivity contribution is 6.30. The predicted octanol–water partition coefficient (Wildman–Crippen LogP) is 2.85. The topological polar surface area (TPSA) is 29.5 Å². The fourth-order valence-electron chi connectivity index (χ4n) is 2.48. The van der Waals surface area contributed by atoms with Crippen LogP contribution in [0.2, 0.25) is 0 Å². The standard InChI is InChI=1S/C15H20ClNO2/c1-19-11-12-7-9-17(10-8-12)15(18)14(16)13-5-3-2-4-6-13/h2-6,12,14H,7-11H2,1H3. The van der Waals surface area contributed by atoms with E-state index in [9.17, 15) is 4.79 Å². The third-order valence-electron chi connectivity index (χ3n) is 3.64. The number of carbonyl (C=O) groups excluding carboxylic acids is 1. The van der Waals surface area contributed by atoms with Crippen LogP contribution >= 0.6 is 11.6 Å². The number of piperidine rings is 1. The predicted molar refractivity (Wildman–Crippen MR) is 76.2 cm³/mol. The summed E-state index contributed by atoms with van der Waals surface area (Å²) in [4.78, 5) is 14.2. The van der Waals surface area contributed by atoms with Gasteiger partial charge < -0.3 is 9.64 Å². The Hall–Kier alpha value is -1.06. The zero-order valence-electron chi connectivity index (χ0n) is 11.2. The van der Waals surface area contributed by atoms with Gasteiger partial charge in [0.25, 0.3) is 0 Å². The maximum absolute atomic E-state index is 12.3. The van der Waals surface area contributed by atoms with E-state index in [0.717, 1.165) is 38.1 Å². The molecule has 0 radical (unpaired) electrons. The fourth-order valence-corrected chi connectivity index (χ4v) is 2.76. The monoisotopic (exact) mass is 281 g/mol. The van der Waals surface area contributed by atoms with Gasteiger partial charge in [-0.05, 0) is 24.3 Å². The first-order chi connectivity index (χ1) is 9.22. The van der Waals surface area contributed by atoms with Crippen LogP contribution in [0.4, 0.5) is 0 Å². The molecule has 104 valence electrons. The molecule has 1 aliphatic rings. The normalized spacial score (nSPS) is 18.3. The van der Waals surface area contributed by atoms with Gasteiger partial charge in [0.05, 0.1) is 0 Å². The van der Waals surface area contributed by atoms with Crippen molar-refractivity contribution in [3.63, 3.8) is 0 Å². The number of alkyl halides is 1. The van der Waals surface area contributed by atoms with Crippen molar-refractivity contribution in [1.82, 2.24) is 4.90 Å². The Kier molecular flexibility index (Phi) is 5.23. The molecule has 19 heavy (non-hydrogen) atoms. The maximum Gasteiger partial charge on any atom is 0.245 e. The Morgan fingerprint density at radius 1 is 1.37 bits per heavy atom. The summed E-state index contributed by atoms with van der Waals surface area (Å²) in [5.74, 6) is 0.586. The van der Waals surface area contributed by atoms with Gasteiger partial charge in [-0.3, -0.25) is 4.79 Å². The number of ether oxygens (including phenoxy) is 1. The van der Waals surface area contributed by atoms with Crippen molar-refractivity contribution < 1.29 is 9.53 Å². The number of hydrogen-bond donors (Lipinski definition) is 0. The fraction of sp³-hybridized carbons (Fsp3) is 0.533. The van der Waals surface area contributed by atoms with Crippen LogP contribution in [0.5, 0.6) is 0 Å². The van der Waals surface area contributed by atoms with Gasteiger partial charge in [-0.2, -0.15) is 0 Å². The second-order valence-corrected chi connectivity index (χ2v) is 5.43. The number of likely N-dealkylation sites (tertiary alicyclic amines) is 1. The van der Waals surface area contributed by atoms with Crippen LogP contribution in [0.15, 0.2) is 30.3 Å². The van der Waals surface area contributed by atoms with Crippen molar-refractivity contribution in [2.24, 2.45) is 5.92 Å². The summed E-state index contributed by atoms with van der Waals surface area (Å²) < 4.78 is 5.16. The molecule has 0 bridgehead atoms. The Morgan fingerprint density at radius 2 is 2.00 bits per heavy atom. The molecule has 1 heterocycles. The Labute approximate surface area is 119 Å². The molecule has 1 fully saturated rings. The van der Waals surface area contributed by atoms with Crippen LogP contribution in [0.3, 0.4) is 0 Å². The summed E-state index contributed by atoms with van der Waals surface area (Å²) in [5.41, 5.74) is 0.869. The Bertz CT molecular complexity index is 402. The molecular formula is C15H20ClNO2. The zero-order chi connectivity index (χ0) is 13.7. The number of amides is 1.